The third kappa shape index (κ3) is 1.41. The standard InChI is InChI=1S/C13H10OS/c14-12-7-9-3-1-2-4-10(9)8-13-11(12)5-6-15-13/h1-6H,7-8H2. The number of rotatable bonds is 0. The zero-order valence-electron chi connectivity index (χ0n) is 8.19. The topological polar surface area (TPSA) is 17.1 Å². The maximum Gasteiger partial charge on any atom is 0.168 e. The van der Waals surface area contributed by atoms with Gasteiger partial charge in [0.15, 0.2) is 5.78 Å². The first-order valence-corrected chi connectivity index (χ1v) is 5.89. The lowest BCUT2D eigenvalue weighted by atomic mass is 10.0. The van der Waals surface area contributed by atoms with Crippen molar-refractivity contribution in [1.29, 1.82) is 0 Å². The van der Waals surface area contributed by atoms with Gasteiger partial charge in [0, 0.05) is 23.3 Å². The third-order valence-corrected chi connectivity index (χ3v) is 3.79. The molecule has 1 aliphatic carbocycles. The van der Waals surface area contributed by atoms with Crippen LogP contribution < -0.4 is 0 Å². The van der Waals surface area contributed by atoms with E-state index >= 15 is 0 Å². The molecule has 0 amide bonds. The van der Waals surface area contributed by atoms with Gasteiger partial charge >= 0.3 is 0 Å². The second-order valence-electron chi connectivity index (χ2n) is 3.80. The number of ketones is 1. The molecule has 1 nitrogen and oxygen atoms in total. The molecular formula is C13H10OS. The summed E-state index contributed by atoms with van der Waals surface area (Å²) < 4.78 is 0. The van der Waals surface area contributed by atoms with Crippen molar-refractivity contribution in [2.45, 2.75) is 12.8 Å². The van der Waals surface area contributed by atoms with Crippen LogP contribution in [0.1, 0.15) is 26.4 Å². The molecule has 0 radical (unpaired) electrons. The molecule has 2 heteroatoms. The summed E-state index contributed by atoms with van der Waals surface area (Å²) >= 11 is 1.69. The molecule has 0 fully saturated rings. The fourth-order valence-corrected chi connectivity index (χ4v) is 2.99. The van der Waals surface area contributed by atoms with Gasteiger partial charge in [-0.1, -0.05) is 24.3 Å². The van der Waals surface area contributed by atoms with Gasteiger partial charge in [-0.3, -0.25) is 4.79 Å². The Hall–Kier alpha value is -1.41. The number of Topliss-reactive ketones (excluding diaryl/α,β-unsaturated/α-hetero) is 1. The summed E-state index contributed by atoms with van der Waals surface area (Å²) in [7, 11) is 0. The lowest BCUT2D eigenvalue weighted by Gasteiger charge is -2.02. The molecule has 2 aromatic rings. The molecule has 1 heterocycles. The fourth-order valence-electron chi connectivity index (χ4n) is 2.07. The molecule has 0 saturated carbocycles. The Morgan fingerprint density at radius 1 is 1.00 bits per heavy atom. The number of hydrogen-bond acceptors (Lipinski definition) is 2. The van der Waals surface area contributed by atoms with E-state index < -0.39 is 0 Å². The molecule has 1 aromatic carbocycles. The monoisotopic (exact) mass is 214 g/mol. The van der Waals surface area contributed by atoms with Crippen molar-refractivity contribution in [2.75, 3.05) is 0 Å². The van der Waals surface area contributed by atoms with E-state index in [0.29, 0.717) is 6.42 Å². The Kier molecular flexibility index (Phi) is 1.96. The van der Waals surface area contributed by atoms with Gasteiger partial charge in [-0.25, -0.2) is 0 Å². The Morgan fingerprint density at radius 2 is 1.73 bits per heavy atom. The van der Waals surface area contributed by atoms with E-state index in [1.54, 1.807) is 11.3 Å². The van der Waals surface area contributed by atoms with Crippen LogP contribution in [-0.2, 0) is 12.8 Å². The molecule has 1 aromatic heterocycles. The Balaban J connectivity index is 2.18. The van der Waals surface area contributed by atoms with Crippen molar-refractivity contribution in [3.8, 4) is 0 Å². The van der Waals surface area contributed by atoms with Gasteiger partial charge in [-0.05, 0) is 22.6 Å². The quantitative estimate of drug-likeness (QED) is 0.658. The average molecular weight is 214 g/mol. The van der Waals surface area contributed by atoms with Crippen molar-refractivity contribution in [3.05, 3.63) is 57.3 Å². The van der Waals surface area contributed by atoms with Crippen molar-refractivity contribution < 1.29 is 4.79 Å². The fraction of sp³-hybridized carbons (Fsp3) is 0.154. The third-order valence-electron chi connectivity index (χ3n) is 2.87. The van der Waals surface area contributed by atoms with Crippen LogP contribution in [0.15, 0.2) is 35.7 Å². The number of thiophene rings is 1. The first kappa shape index (κ1) is 8.86. The lowest BCUT2D eigenvalue weighted by Crippen LogP contribution is -2.01. The van der Waals surface area contributed by atoms with Crippen molar-refractivity contribution in [1.82, 2.24) is 0 Å². The van der Waals surface area contributed by atoms with Gasteiger partial charge < -0.3 is 0 Å². The van der Waals surface area contributed by atoms with Gasteiger partial charge in [-0.2, -0.15) is 0 Å². The first-order valence-electron chi connectivity index (χ1n) is 5.01. The van der Waals surface area contributed by atoms with E-state index in [-0.39, 0.29) is 5.78 Å². The molecule has 0 spiro atoms. The Bertz CT molecular complexity index is 525. The number of benzene rings is 1. The van der Waals surface area contributed by atoms with E-state index in [1.807, 2.05) is 23.6 Å². The minimum Gasteiger partial charge on any atom is -0.294 e. The normalized spacial score (nSPS) is 14.3. The molecule has 0 N–H and O–H groups in total. The zero-order chi connectivity index (χ0) is 10.3. The summed E-state index contributed by atoms with van der Waals surface area (Å²) in [5.74, 6) is 0.260. The van der Waals surface area contributed by atoms with Crippen LogP contribution in [0.5, 0.6) is 0 Å². The number of carbonyl (C=O) groups excluding carboxylic acids is 1. The molecule has 15 heavy (non-hydrogen) atoms. The van der Waals surface area contributed by atoms with Crippen LogP contribution >= 0.6 is 11.3 Å². The number of fused-ring (bicyclic) bond motifs is 2. The van der Waals surface area contributed by atoms with Crippen LogP contribution in [0.4, 0.5) is 0 Å². The molecule has 0 bridgehead atoms. The highest BCUT2D eigenvalue weighted by Crippen LogP contribution is 2.27. The highest BCUT2D eigenvalue weighted by Gasteiger charge is 2.19. The summed E-state index contributed by atoms with van der Waals surface area (Å²) in [5.41, 5.74) is 3.41. The molecular weight excluding hydrogens is 204 g/mol. The van der Waals surface area contributed by atoms with Gasteiger partial charge in [0.2, 0.25) is 0 Å². The number of hydrogen-bond donors (Lipinski definition) is 0. The largest absolute Gasteiger partial charge is 0.294 e. The maximum atomic E-state index is 11.9. The highest BCUT2D eigenvalue weighted by molar-refractivity contribution is 7.10. The van der Waals surface area contributed by atoms with Gasteiger partial charge in [0.25, 0.3) is 0 Å². The van der Waals surface area contributed by atoms with Gasteiger partial charge in [0.1, 0.15) is 0 Å². The molecule has 74 valence electrons. The molecule has 0 saturated heterocycles. The molecule has 3 rings (SSSR count). The van der Waals surface area contributed by atoms with Crippen molar-refractivity contribution in [3.63, 3.8) is 0 Å². The molecule has 0 aliphatic heterocycles. The first-order chi connectivity index (χ1) is 7.34. The van der Waals surface area contributed by atoms with Crippen LogP contribution in [0.25, 0.3) is 0 Å². The molecule has 0 unspecified atom stereocenters. The van der Waals surface area contributed by atoms with Crippen LogP contribution in [0.2, 0.25) is 0 Å². The molecule has 1 aliphatic rings. The SMILES string of the molecule is O=C1Cc2ccccc2Cc2sccc21. The Labute approximate surface area is 92.4 Å². The summed E-state index contributed by atoms with van der Waals surface area (Å²) in [6, 6.07) is 10.2. The van der Waals surface area contributed by atoms with Crippen LogP contribution in [-0.4, -0.2) is 5.78 Å². The second kappa shape index (κ2) is 3.31. The second-order valence-corrected chi connectivity index (χ2v) is 4.80. The van der Waals surface area contributed by atoms with Crippen molar-refractivity contribution in [2.24, 2.45) is 0 Å². The average Bonchev–Trinajstić information content (AvgIpc) is 2.64. The van der Waals surface area contributed by atoms with Gasteiger partial charge in [-0.15, -0.1) is 11.3 Å². The maximum absolute atomic E-state index is 11.9. The van der Waals surface area contributed by atoms with E-state index in [0.717, 1.165) is 12.0 Å². The predicted octanol–water partition coefficient (Wildman–Crippen LogP) is 3.08. The van der Waals surface area contributed by atoms with Crippen LogP contribution in [0, 0.1) is 0 Å². The summed E-state index contributed by atoms with van der Waals surface area (Å²) in [6.45, 7) is 0. The highest BCUT2D eigenvalue weighted by atomic mass is 32.1. The minimum atomic E-state index is 0.260. The molecule has 0 atom stereocenters. The summed E-state index contributed by atoms with van der Waals surface area (Å²) in [6.07, 6.45) is 1.47. The summed E-state index contributed by atoms with van der Waals surface area (Å²) in [5, 5.41) is 2.01. The zero-order valence-corrected chi connectivity index (χ0v) is 9.01. The van der Waals surface area contributed by atoms with Gasteiger partial charge in [0.05, 0.1) is 0 Å². The van der Waals surface area contributed by atoms with E-state index in [4.69, 9.17) is 0 Å². The summed E-state index contributed by atoms with van der Waals surface area (Å²) in [4.78, 5) is 13.1. The Morgan fingerprint density at radius 3 is 2.53 bits per heavy atom. The predicted molar refractivity (Wildman–Crippen MR) is 61.6 cm³/mol. The van der Waals surface area contributed by atoms with Crippen LogP contribution in [0.3, 0.4) is 0 Å². The van der Waals surface area contributed by atoms with Crippen molar-refractivity contribution >= 4 is 17.1 Å². The van der Waals surface area contributed by atoms with E-state index in [1.165, 1.54) is 16.0 Å². The lowest BCUT2D eigenvalue weighted by molar-refractivity contribution is 0.0993. The number of carbonyl (C=O) groups is 1. The minimum absolute atomic E-state index is 0.260. The van der Waals surface area contributed by atoms with E-state index in [9.17, 15) is 4.79 Å². The smallest absolute Gasteiger partial charge is 0.168 e. The van der Waals surface area contributed by atoms with E-state index in [2.05, 4.69) is 12.1 Å².